The predicted octanol–water partition coefficient (Wildman–Crippen LogP) is 4.83. The molecule has 0 rings (SSSR count). The molecule has 0 fully saturated rings. The molecule has 1 nitrogen and oxygen atoms in total. The van der Waals surface area contributed by atoms with Gasteiger partial charge in [0.05, 0.1) is 0 Å². The summed E-state index contributed by atoms with van der Waals surface area (Å²) in [6.45, 7) is 9.87. The quantitative estimate of drug-likeness (QED) is 0.382. The fourth-order valence-electron chi connectivity index (χ4n) is 2.27. The number of nitrogens with two attached hydrogens (primary N) is 1. The van der Waals surface area contributed by atoms with E-state index >= 15 is 0 Å². The molecular weight excluding hydrogens is 206 g/mol. The number of hydrogen-bond acceptors (Lipinski definition) is 1. The lowest BCUT2D eigenvalue weighted by Crippen LogP contribution is -2.29. The van der Waals surface area contributed by atoms with Gasteiger partial charge in [-0.05, 0) is 25.2 Å². The fourth-order valence-corrected chi connectivity index (χ4v) is 2.27. The number of allylic oxidation sites excluding steroid dienone is 2. The van der Waals surface area contributed by atoms with Crippen molar-refractivity contribution in [1.29, 1.82) is 0 Å². The van der Waals surface area contributed by atoms with E-state index in [4.69, 9.17) is 5.73 Å². The van der Waals surface area contributed by atoms with Crippen molar-refractivity contribution < 1.29 is 0 Å². The second-order valence-corrected chi connectivity index (χ2v) is 5.03. The molecule has 0 heterocycles. The van der Waals surface area contributed by atoms with Crippen LogP contribution in [0.15, 0.2) is 25.3 Å². The Kier molecular flexibility index (Phi) is 11.5. The van der Waals surface area contributed by atoms with E-state index < -0.39 is 0 Å². The van der Waals surface area contributed by atoms with Crippen LogP contribution in [-0.2, 0) is 0 Å². The Balaban J connectivity index is 3.62. The summed E-state index contributed by atoms with van der Waals surface area (Å²) >= 11 is 0. The smallest absolute Gasteiger partial charge is 0.00730 e. The summed E-state index contributed by atoms with van der Waals surface area (Å²) in [6.07, 6.45) is 15.2. The van der Waals surface area contributed by atoms with Gasteiger partial charge in [-0.15, -0.1) is 13.2 Å². The summed E-state index contributed by atoms with van der Waals surface area (Å²) in [5, 5.41) is 0. The standard InChI is InChI=1S/C16H31N/c1-4-7-8-9-10-11-14-16(17)15(12-5-2)13-6-3/h5-6,15-16H,2-4,7-14,17H2,1H3. The van der Waals surface area contributed by atoms with Gasteiger partial charge >= 0.3 is 0 Å². The summed E-state index contributed by atoms with van der Waals surface area (Å²) in [6, 6.07) is 0.317. The Hall–Kier alpha value is -0.560. The molecule has 0 aromatic rings. The van der Waals surface area contributed by atoms with Crippen molar-refractivity contribution in [1.82, 2.24) is 0 Å². The highest BCUT2D eigenvalue weighted by Gasteiger charge is 2.14. The third-order valence-electron chi connectivity index (χ3n) is 3.44. The monoisotopic (exact) mass is 237 g/mol. The molecular formula is C16H31N. The molecule has 17 heavy (non-hydrogen) atoms. The van der Waals surface area contributed by atoms with Crippen LogP contribution in [0.3, 0.4) is 0 Å². The van der Waals surface area contributed by atoms with E-state index in [1.807, 2.05) is 12.2 Å². The number of rotatable bonds is 12. The second-order valence-electron chi connectivity index (χ2n) is 5.03. The zero-order valence-electron chi connectivity index (χ0n) is 11.7. The molecule has 0 aliphatic carbocycles. The molecule has 0 saturated heterocycles. The molecule has 1 unspecified atom stereocenters. The van der Waals surface area contributed by atoms with Crippen LogP contribution in [0.4, 0.5) is 0 Å². The third kappa shape index (κ3) is 9.17. The van der Waals surface area contributed by atoms with Gasteiger partial charge in [-0.1, -0.05) is 57.6 Å². The van der Waals surface area contributed by atoms with Crippen LogP contribution in [0.25, 0.3) is 0 Å². The lowest BCUT2D eigenvalue weighted by atomic mass is 9.89. The van der Waals surface area contributed by atoms with Crippen molar-refractivity contribution in [3.63, 3.8) is 0 Å². The molecule has 0 aliphatic heterocycles. The molecule has 0 aliphatic rings. The first kappa shape index (κ1) is 16.4. The van der Waals surface area contributed by atoms with Crippen molar-refractivity contribution in [3.8, 4) is 0 Å². The maximum absolute atomic E-state index is 6.24. The fraction of sp³-hybridized carbons (Fsp3) is 0.750. The molecule has 0 radical (unpaired) electrons. The highest BCUT2D eigenvalue weighted by Crippen LogP contribution is 2.18. The molecule has 0 bridgehead atoms. The Morgan fingerprint density at radius 3 is 2.00 bits per heavy atom. The maximum Gasteiger partial charge on any atom is 0.00730 e. The zero-order chi connectivity index (χ0) is 12.9. The lowest BCUT2D eigenvalue weighted by Gasteiger charge is -2.21. The van der Waals surface area contributed by atoms with Gasteiger partial charge in [0.2, 0.25) is 0 Å². The zero-order valence-corrected chi connectivity index (χ0v) is 11.7. The van der Waals surface area contributed by atoms with Crippen LogP contribution < -0.4 is 5.73 Å². The van der Waals surface area contributed by atoms with E-state index in [1.165, 1.54) is 38.5 Å². The normalized spacial score (nSPS) is 12.6. The number of hydrogen-bond donors (Lipinski definition) is 1. The van der Waals surface area contributed by atoms with Crippen molar-refractivity contribution in [2.24, 2.45) is 11.7 Å². The molecule has 1 heteroatoms. The SMILES string of the molecule is C=CCC(CC=C)C(N)CCCCCCCC. The van der Waals surface area contributed by atoms with Gasteiger partial charge in [0.15, 0.2) is 0 Å². The average Bonchev–Trinajstić information content (AvgIpc) is 2.33. The van der Waals surface area contributed by atoms with E-state index in [0.29, 0.717) is 12.0 Å². The second kappa shape index (κ2) is 11.9. The Labute approximate surface area is 108 Å². The summed E-state index contributed by atoms with van der Waals surface area (Å²) in [5.41, 5.74) is 6.24. The molecule has 1 atom stereocenters. The minimum Gasteiger partial charge on any atom is -0.327 e. The van der Waals surface area contributed by atoms with Crippen molar-refractivity contribution in [2.45, 2.75) is 70.8 Å². The summed E-state index contributed by atoms with van der Waals surface area (Å²) in [4.78, 5) is 0. The van der Waals surface area contributed by atoms with Gasteiger partial charge in [0.25, 0.3) is 0 Å². The van der Waals surface area contributed by atoms with Crippen LogP contribution >= 0.6 is 0 Å². The van der Waals surface area contributed by atoms with Crippen LogP contribution in [0.1, 0.15) is 64.7 Å². The van der Waals surface area contributed by atoms with Gasteiger partial charge in [-0.25, -0.2) is 0 Å². The van der Waals surface area contributed by atoms with E-state index in [-0.39, 0.29) is 0 Å². The molecule has 0 saturated carbocycles. The summed E-state index contributed by atoms with van der Waals surface area (Å²) in [7, 11) is 0. The third-order valence-corrected chi connectivity index (χ3v) is 3.44. The average molecular weight is 237 g/mol. The molecule has 0 aromatic carbocycles. The first-order valence-electron chi connectivity index (χ1n) is 7.23. The maximum atomic E-state index is 6.24. The summed E-state index contributed by atoms with van der Waals surface area (Å²) < 4.78 is 0. The first-order valence-corrected chi connectivity index (χ1v) is 7.23. The van der Waals surface area contributed by atoms with Crippen molar-refractivity contribution >= 4 is 0 Å². The van der Waals surface area contributed by atoms with Crippen LogP contribution in [0, 0.1) is 5.92 Å². The van der Waals surface area contributed by atoms with Crippen LogP contribution in [0.2, 0.25) is 0 Å². The van der Waals surface area contributed by atoms with Gasteiger partial charge in [0.1, 0.15) is 0 Å². The molecule has 0 amide bonds. The largest absolute Gasteiger partial charge is 0.327 e. The lowest BCUT2D eigenvalue weighted by molar-refractivity contribution is 0.392. The Morgan fingerprint density at radius 1 is 0.941 bits per heavy atom. The number of unbranched alkanes of at least 4 members (excludes halogenated alkanes) is 5. The van der Waals surface area contributed by atoms with Gasteiger partial charge in [0, 0.05) is 6.04 Å². The van der Waals surface area contributed by atoms with E-state index in [0.717, 1.165) is 19.3 Å². The van der Waals surface area contributed by atoms with E-state index in [9.17, 15) is 0 Å². The Morgan fingerprint density at radius 2 is 1.47 bits per heavy atom. The molecule has 2 N–H and O–H groups in total. The summed E-state index contributed by atoms with van der Waals surface area (Å²) in [5.74, 6) is 0.542. The van der Waals surface area contributed by atoms with Gasteiger partial charge in [-0.3, -0.25) is 0 Å². The van der Waals surface area contributed by atoms with E-state index in [1.54, 1.807) is 0 Å². The van der Waals surface area contributed by atoms with Crippen molar-refractivity contribution in [3.05, 3.63) is 25.3 Å². The highest BCUT2D eigenvalue weighted by molar-refractivity contribution is 4.85. The van der Waals surface area contributed by atoms with Gasteiger partial charge < -0.3 is 5.73 Å². The van der Waals surface area contributed by atoms with Crippen LogP contribution in [-0.4, -0.2) is 6.04 Å². The van der Waals surface area contributed by atoms with Crippen LogP contribution in [0.5, 0.6) is 0 Å². The highest BCUT2D eigenvalue weighted by atomic mass is 14.6. The predicted molar refractivity (Wildman–Crippen MR) is 79.1 cm³/mol. The van der Waals surface area contributed by atoms with Gasteiger partial charge in [-0.2, -0.15) is 0 Å². The minimum absolute atomic E-state index is 0.317. The Bertz CT molecular complexity index is 176. The topological polar surface area (TPSA) is 26.0 Å². The molecule has 100 valence electrons. The minimum atomic E-state index is 0.317. The molecule has 0 aromatic heterocycles. The molecule has 0 spiro atoms. The van der Waals surface area contributed by atoms with Crippen molar-refractivity contribution in [2.75, 3.05) is 0 Å². The van der Waals surface area contributed by atoms with E-state index in [2.05, 4.69) is 20.1 Å². The first-order chi connectivity index (χ1) is 8.26.